The maximum absolute atomic E-state index is 5.57. The fraction of sp³-hybridized carbons (Fsp3) is 0.615. The third-order valence-corrected chi connectivity index (χ3v) is 2.98. The lowest BCUT2D eigenvalue weighted by Crippen LogP contribution is -2.18. The van der Waals surface area contributed by atoms with E-state index in [0.717, 1.165) is 18.8 Å². The molecule has 1 unspecified atom stereocenters. The Kier molecular flexibility index (Phi) is 3.78. The van der Waals surface area contributed by atoms with Gasteiger partial charge in [-0.05, 0) is 30.4 Å². The number of hydrogen-bond acceptors (Lipinski definition) is 3. The molecular formula is C13H22N2O. The van der Waals surface area contributed by atoms with Crippen molar-refractivity contribution < 1.29 is 6.16 Å². The van der Waals surface area contributed by atoms with Gasteiger partial charge >= 0.3 is 0 Å². The van der Waals surface area contributed by atoms with Gasteiger partial charge in [0.1, 0.15) is 0 Å². The Balaban J connectivity index is 0.00000144. The molecule has 0 aliphatic carbocycles. The highest BCUT2D eigenvalue weighted by molar-refractivity contribution is 5.43. The zero-order valence-corrected chi connectivity index (χ0v) is 10.1. The number of nitrogens with zero attached hydrogens (tertiary/aromatic N) is 1. The monoisotopic (exact) mass is 222 g/mol. The zero-order chi connectivity index (χ0) is 11.4. The Morgan fingerprint density at radius 3 is 3.12 bits per heavy atom. The summed E-state index contributed by atoms with van der Waals surface area (Å²) in [6, 6.07) is 2.17. The van der Waals surface area contributed by atoms with E-state index in [9.17, 15) is 0 Å². The molecule has 2 heterocycles. The van der Waals surface area contributed by atoms with Gasteiger partial charge in [0.05, 0.1) is 11.8 Å². The van der Waals surface area contributed by atoms with Crippen LogP contribution in [0.1, 0.15) is 39.6 Å². The van der Waals surface area contributed by atoms with Gasteiger partial charge < -0.3 is 10.1 Å². The number of anilines is 1. The molecule has 0 aromatic carbocycles. The minimum Gasteiger partial charge on any atom is -0.381 e. The minimum absolute atomic E-state index is 0. The van der Waals surface area contributed by atoms with Gasteiger partial charge in [-0.3, -0.25) is 4.98 Å². The molecule has 0 radical (unpaired) electrons. The standard InChI is InChI=1S/C13H20N2O.H2/c1-10(2)11-6-12(8-14-7-11)15-9-13-4-3-5-16-13;/h6-8,10,13,15H,3-5,9H2,1-2H3;1H. The van der Waals surface area contributed by atoms with Crippen molar-refractivity contribution >= 4 is 5.69 Å². The average molecular weight is 222 g/mol. The van der Waals surface area contributed by atoms with Gasteiger partial charge in [-0.25, -0.2) is 0 Å². The van der Waals surface area contributed by atoms with Crippen molar-refractivity contribution in [3.05, 3.63) is 24.0 Å². The predicted molar refractivity (Wildman–Crippen MR) is 67.9 cm³/mol. The lowest BCUT2D eigenvalue weighted by Gasteiger charge is -2.13. The van der Waals surface area contributed by atoms with Crippen LogP contribution < -0.4 is 5.32 Å². The third kappa shape index (κ3) is 2.95. The Morgan fingerprint density at radius 1 is 1.56 bits per heavy atom. The summed E-state index contributed by atoms with van der Waals surface area (Å²) in [5.41, 5.74) is 2.37. The van der Waals surface area contributed by atoms with E-state index in [4.69, 9.17) is 4.74 Å². The summed E-state index contributed by atoms with van der Waals surface area (Å²) in [5.74, 6) is 0.525. The molecule has 1 aromatic rings. The van der Waals surface area contributed by atoms with E-state index in [0.29, 0.717) is 12.0 Å². The SMILES string of the molecule is CC(C)c1cncc(NCC2CCCO2)c1.[HH]. The molecule has 0 spiro atoms. The summed E-state index contributed by atoms with van der Waals surface area (Å²) in [7, 11) is 0. The highest BCUT2D eigenvalue weighted by Crippen LogP contribution is 2.18. The molecule has 3 nitrogen and oxygen atoms in total. The molecule has 16 heavy (non-hydrogen) atoms. The summed E-state index contributed by atoms with van der Waals surface area (Å²) in [4.78, 5) is 4.25. The molecule has 1 aliphatic heterocycles. The first-order valence-corrected chi connectivity index (χ1v) is 6.06. The highest BCUT2D eigenvalue weighted by atomic mass is 16.5. The maximum atomic E-state index is 5.57. The molecule has 1 atom stereocenters. The van der Waals surface area contributed by atoms with Crippen LogP contribution in [-0.4, -0.2) is 24.2 Å². The molecule has 1 aliphatic rings. The third-order valence-electron chi connectivity index (χ3n) is 2.98. The first kappa shape index (κ1) is 11.4. The Bertz CT molecular complexity index is 338. The van der Waals surface area contributed by atoms with Gasteiger partial charge in [-0.2, -0.15) is 0 Å². The van der Waals surface area contributed by atoms with Crippen LogP contribution >= 0.6 is 0 Å². The van der Waals surface area contributed by atoms with Crippen LogP contribution in [0.4, 0.5) is 5.69 Å². The number of ether oxygens (including phenoxy) is 1. The van der Waals surface area contributed by atoms with E-state index in [1.54, 1.807) is 0 Å². The predicted octanol–water partition coefficient (Wildman–Crippen LogP) is 3.04. The first-order valence-electron chi connectivity index (χ1n) is 6.06. The van der Waals surface area contributed by atoms with E-state index >= 15 is 0 Å². The van der Waals surface area contributed by atoms with Crippen LogP contribution in [0.5, 0.6) is 0 Å². The smallest absolute Gasteiger partial charge is 0.0748 e. The molecule has 1 N–H and O–H groups in total. The van der Waals surface area contributed by atoms with Crippen molar-refractivity contribution in [2.45, 2.75) is 38.7 Å². The van der Waals surface area contributed by atoms with Crippen molar-refractivity contribution in [3.63, 3.8) is 0 Å². The fourth-order valence-corrected chi connectivity index (χ4v) is 1.91. The number of rotatable bonds is 4. The van der Waals surface area contributed by atoms with Crippen molar-refractivity contribution in [3.8, 4) is 0 Å². The van der Waals surface area contributed by atoms with Gasteiger partial charge in [0.2, 0.25) is 0 Å². The Hall–Kier alpha value is -1.09. The van der Waals surface area contributed by atoms with Crippen molar-refractivity contribution in [1.29, 1.82) is 0 Å². The molecule has 0 bridgehead atoms. The van der Waals surface area contributed by atoms with Gasteiger partial charge in [0.15, 0.2) is 0 Å². The summed E-state index contributed by atoms with van der Waals surface area (Å²) in [6.07, 6.45) is 6.55. The van der Waals surface area contributed by atoms with E-state index < -0.39 is 0 Å². The fourth-order valence-electron chi connectivity index (χ4n) is 1.91. The normalized spacial score (nSPS) is 20.3. The zero-order valence-electron chi connectivity index (χ0n) is 10.1. The van der Waals surface area contributed by atoms with Crippen LogP contribution in [-0.2, 0) is 4.74 Å². The molecule has 3 heteroatoms. The van der Waals surface area contributed by atoms with Crippen LogP contribution in [0.2, 0.25) is 0 Å². The molecule has 0 saturated carbocycles. The van der Waals surface area contributed by atoms with E-state index in [1.807, 2.05) is 12.4 Å². The Morgan fingerprint density at radius 2 is 2.44 bits per heavy atom. The lowest BCUT2D eigenvalue weighted by molar-refractivity contribution is 0.120. The summed E-state index contributed by atoms with van der Waals surface area (Å²) < 4.78 is 5.57. The van der Waals surface area contributed by atoms with E-state index in [2.05, 4.69) is 30.2 Å². The Labute approximate surface area is 98.7 Å². The quantitative estimate of drug-likeness (QED) is 0.850. The summed E-state index contributed by atoms with van der Waals surface area (Å²) in [6.45, 7) is 6.17. The van der Waals surface area contributed by atoms with Crippen molar-refractivity contribution in [2.75, 3.05) is 18.5 Å². The second kappa shape index (κ2) is 5.30. The summed E-state index contributed by atoms with van der Waals surface area (Å²) >= 11 is 0. The average Bonchev–Trinajstić information content (AvgIpc) is 2.79. The molecule has 1 fully saturated rings. The number of aromatic nitrogens is 1. The number of pyridine rings is 1. The van der Waals surface area contributed by atoms with E-state index in [-0.39, 0.29) is 1.43 Å². The second-order valence-electron chi connectivity index (χ2n) is 4.68. The molecule has 1 saturated heterocycles. The van der Waals surface area contributed by atoms with Crippen LogP contribution in [0.25, 0.3) is 0 Å². The van der Waals surface area contributed by atoms with Crippen molar-refractivity contribution in [2.24, 2.45) is 0 Å². The van der Waals surface area contributed by atoms with Gasteiger partial charge in [-0.1, -0.05) is 13.8 Å². The largest absolute Gasteiger partial charge is 0.381 e. The number of nitrogens with one attached hydrogen (secondary N) is 1. The first-order chi connectivity index (χ1) is 7.75. The molecule has 2 rings (SSSR count). The molecule has 1 aromatic heterocycles. The second-order valence-corrected chi connectivity index (χ2v) is 4.68. The molecular weight excluding hydrogens is 200 g/mol. The van der Waals surface area contributed by atoms with Crippen LogP contribution in [0.15, 0.2) is 18.5 Å². The topological polar surface area (TPSA) is 34.2 Å². The maximum Gasteiger partial charge on any atom is 0.0748 e. The van der Waals surface area contributed by atoms with Gasteiger partial charge in [-0.15, -0.1) is 0 Å². The van der Waals surface area contributed by atoms with Crippen LogP contribution in [0, 0.1) is 0 Å². The highest BCUT2D eigenvalue weighted by Gasteiger charge is 2.14. The van der Waals surface area contributed by atoms with Crippen LogP contribution in [0.3, 0.4) is 0 Å². The van der Waals surface area contributed by atoms with Gasteiger partial charge in [0.25, 0.3) is 0 Å². The lowest BCUT2D eigenvalue weighted by atomic mass is 10.1. The molecule has 0 amide bonds. The molecule has 90 valence electrons. The van der Waals surface area contributed by atoms with Crippen molar-refractivity contribution in [1.82, 2.24) is 4.98 Å². The summed E-state index contributed by atoms with van der Waals surface area (Å²) in [5, 5.41) is 3.39. The van der Waals surface area contributed by atoms with E-state index in [1.165, 1.54) is 18.4 Å². The van der Waals surface area contributed by atoms with Gasteiger partial charge in [0, 0.05) is 27.0 Å². The number of hydrogen-bond donors (Lipinski definition) is 1. The minimum atomic E-state index is 0.